The molecule has 0 bridgehead atoms. The molecule has 5 heteroatoms. The number of piperidine rings is 1. The van der Waals surface area contributed by atoms with E-state index in [9.17, 15) is 4.79 Å². The maximum atomic E-state index is 12.5. The molecule has 2 atom stereocenters. The third-order valence-electron chi connectivity index (χ3n) is 4.44. The van der Waals surface area contributed by atoms with Crippen molar-refractivity contribution in [2.45, 2.75) is 45.4 Å². The van der Waals surface area contributed by atoms with E-state index in [2.05, 4.69) is 22.5 Å². The Kier molecular flexibility index (Phi) is 5.66. The fourth-order valence-electron chi connectivity index (χ4n) is 3.04. The summed E-state index contributed by atoms with van der Waals surface area (Å²) >= 11 is 0. The molecule has 2 heterocycles. The zero-order valence-electron chi connectivity index (χ0n) is 14.8. The highest BCUT2D eigenvalue weighted by molar-refractivity contribution is 5.94. The minimum Gasteiger partial charge on any atom is -0.487 e. The third kappa shape index (κ3) is 5.03. The highest BCUT2D eigenvalue weighted by Gasteiger charge is 2.20. The molecule has 2 N–H and O–H groups in total. The van der Waals surface area contributed by atoms with Crippen molar-refractivity contribution in [3.63, 3.8) is 0 Å². The van der Waals surface area contributed by atoms with Gasteiger partial charge in [0, 0.05) is 23.3 Å². The largest absolute Gasteiger partial charge is 0.487 e. The molecular formula is C20H25N3O2. The van der Waals surface area contributed by atoms with E-state index in [0.29, 0.717) is 18.2 Å². The number of nitrogens with one attached hydrogen (secondary N) is 2. The smallest absolute Gasteiger partial charge is 0.251 e. The molecule has 2 aromatic rings. The van der Waals surface area contributed by atoms with Gasteiger partial charge in [0.25, 0.3) is 5.91 Å². The van der Waals surface area contributed by atoms with Crippen molar-refractivity contribution >= 4 is 5.91 Å². The van der Waals surface area contributed by atoms with Crippen molar-refractivity contribution < 1.29 is 9.53 Å². The predicted molar refractivity (Wildman–Crippen MR) is 97.7 cm³/mol. The number of aryl methyl sites for hydroxylation is 1. The average Bonchev–Trinajstić information content (AvgIpc) is 2.61. The van der Waals surface area contributed by atoms with Crippen LogP contribution in [0.1, 0.15) is 41.4 Å². The Labute approximate surface area is 148 Å². The number of nitrogens with zero attached hydrogens (tertiary/aromatic N) is 1. The molecule has 3 rings (SSSR count). The molecule has 1 aliphatic rings. The van der Waals surface area contributed by atoms with E-state index in [-0.39, 0.29) is 11.9 Å². The summed E-state index contributed by atoms with van der Waals surface area (Å²) in [4.78, 5) is 16.7. The van der Waals surface area contributed by atoms with Crippen LogP contribution in [-0.2, 0) is 6.61 Å². The molecule has 0 spiro atoms. The summed E-state index contributed by atoms with van der Waals surface area (Å²) in [7, 11) is 0. The van der Waals surface area contributed by atoms with Gasteiger partial charge in [-0.25, -0.2) is 0 Å². The fraction of sp³-hybridized carbons (Fsp3) is 0.400. The van der Waals surface area contributed by atoms with E-state index < -0.39 is 0 Å². The molecule has 0 radical (unpaired) electrons. The first kappa shape index (κ1) is 17.4. The Bertz CT molecular complexity index is 715. The normalized spacial score (nSPS) is 20.1. The fourth-order valence-corrected chi connectivity index (χ4v) is 3.04. The van der Waals surface area contributed by atoms with Gasteiger partial charge in [-0.05, 0) is 63.1 Å². The van der Waals surface area contributed by atoms with E-state index in [1.165, 1.54) is 0 Å². The summed E-state index contributed by atoms with van der Waals surface area (Å²) in [6.07, 6.45) is 3.65. The first-order valence-electron chi connectivity index (χ1n) is 8.79. The van der Waals surface area contributed by atoms with Gasteiger partial charge in [-0.15, -0.1) is 0 Å². The Morgan fingerprint density at radius 2 is 2.24 bits per heavy atom. The molecule has 1 aromatic carbocycles. The second kappa shape index (κ2) is 8.12. The number of benzene rings is 1. The molecule has 1 aliphatic heterocycles. The van der Waals surface area contributed by atoms with Gasteiger partial charge < -0.3 is 15.4 Å². The average molecular weight is 339 g/mol. The van der Waals surface area contributed by atoms with Crippen molar-refractivity contribution in [2.75, 3.05) is 6.54 Å². The quantitative estimate of drug-likeness (QED) is 0.879. The van der Waals surface area contributed by atoms with Gasteiger partial charge in [-0.3, -0.25) is 9.78 Å². The molecule has 0 saturated carbocycles. The van der Waals surface area contributed by atoms with Gasteiger partial charge in [0.05, 0.1) is 6.20 Å². The van der Waals surface area contributed by atoms with Gasteiger partial charge in [0.15, 0.2) is 0 Å². The molecule has 132 valence electrons. The summed E-state index contributed by atoms with van der Waals surface area (Å²) in [5.74, 6) is 0.710. The molecule has 1 aromatic heterocycles. The Morgan fingerprint density at radius 1 is 1.36 bits per heavy atom. The number of aromatic nitrogens is 1. The number of amides is 1. The maximum Gasteiger partial charge on any atom is 0.251 e. The van der Waals surface area contributed by atoms with Crippen LogP contribution in [-0.4, -0.2) is 29.5 Å². The van der Waals surface area contributed by atoms with Crippen molar-refractivity contribution in [3.8, 4) is 5.75 Å². The summed E-state index contributed by atoms with van der Waals surface area (Å²) in [5, 5.41) is 6.54. The van der Waals surface area contributed by atoms with Crippen LogP contribution >= 0.6 is 0 Å². The molecule has 5 nitrogen and oxygen atoms in total. The van der Waals surface area contributed by atoms with Crippen LogP contribution in [0, 0.1) is 6.92 Å². The van der Waals surface area contributed by atoms with E-state index in [4.69, 9.17) is 4.74 Å². The zero-order valence-corrected chi connectivity index (χ0v) is 14.8. The number of carbonyl (C=O) groups is 1. The molecule has 1 fully saturated rings. The summed E-state index contributed by atoms with van der Waals surface area (Å²) in [6, 6.07) is 12.1. The summed E-state index contributed by atoms with van der Waals surface area (Å²) in [5.41, 5.74) is 2.60. The SMILES string of the molecule is Cc1ccc(OCc2cccc(C(=O)NC3CCNC(C)C3)c2)cn1. The van der Waals surface area contributed by atoms with Crippen molar-refractivity contribution in [1.82, 2.24) is 15.6 Å². The number of rotatable bonds is 5. The standard InChI is InChI=1S/C20H25N3O2/c1-14-6-7-19(12-22-14)25-13-16-4-3-5-17(11-16)20(24)23-18-8-9-21-15(2)10-18/h3-7,11-12,15,18,21H,8-10,13H2,1-2H3,(H,23,24). The number of hydrogen-bond donors (Lipinski definition) is 2. The molecular weight excluding hydrogens is 314 g/mol. The minimum absolute atomic E-state index is 0.0158. The number of ether oxygens (including phenoxy) is 1. The van der Waals surface area contributed by atoms with Gasteiger partial charge in [0.2, 0.25) is 0 Å². The zero-order chi connectivity index (χ0) is 17.6. The first-order chi connectivity index (χ1) is 12.1. The second-order valence-electron chi connectivity index (χ2n) is 6.67. The van der Waals surface area contributed by atoms with Crippen LogP contribution in [0.4, 0.5) is 0 Å². The lowest BCUT2D eigenvalue weighted by atomic mass is 10.00. The Morgan fingerprint density at radius 3 is 3.00 bits per heavy atom. The van der Waals surface area contributed by atoms with E-state index in [0.717, 1.165) is 36.4 Å². The number of hydrogen-bond acceptors (Lipinski definition) is 4. The molecule has 1 saturated heterocycles. The van der Waals surface area contributed by atoms with Gasteiger partial charge in [-0.1, -0.05) is 12.1 Å². The third-order valence-corrected chi connectivity index (χ3v) is 4.44. The van der Waals surface area contributed by atoms with Crippen LogP contribution in [0.2, 0.25) is 0 Å². The summed E-state index contributed by atoms with van der Waals surface area (Å²) in [6.45, 7) is 5.45. The van der Waals surface area contributed by atoms with Crippen LogP contribution in [0.5, 0.6) is 5.75 Å². The Balaban J connectivity index is 1.58. The van der Waals surface area contributed by atoms with Gasteiger partial charge in [0.1, 0.15) is 12.4 Å². The number of pyridine rings is 1. The number of carbonyl (C=O) groups excluding carboxylic acids is 1. The molecule has 0 aliphatic carbocycles. The van der Waals surface area contributed by atoms with Crippen molar-refractivity contribution in [3.05, 3.63) is 59.4 Å². The van der Waals surface area contributed by atoms with E-state index in [1.54, 1.807) is 6.20 Å². The Hall–Kier alpha value is -2.40. The molecule has 2 unspecified atom stereocenters. The first-order valence-corrected chi connectivity index (χ1v) is 8.79. The lowest BCUT2D eigenvalue weighted by molar-refractivity contribution is 0.0925. The predicted octanol–water partition coefficient (Wildman–Crippen LogP) is 2.84. The highest BCUT2D eigenvalue weighted by Crippen LogP contribution is 2.14. The minimum atomic E-state index is -0.0158. The van der Waals surface area contributed by atoms with Crippen molar-refractivity contribution in [2.24, 2.45) is 0 Å². The second-order valence-corrected chi connectivity index (χ2v) is 6.67. The maximum absolute atomic E-state index is 12.5. The summed E-state index contributed by atoms with van der Waals surface area (Å²) < 4.78 is 5.74. The molecule has 1 amide bonds. The van der Waals surface area contributed by atoms with Gasteiger partial charge >= 0.3 is 0 Å². The highest BCUT2D eigenvalue weighted by atomic mass is 16.5. The topological polar surface area (TPSA) is 63.2 Å². The van der Waals surface area contributed by atoms with E-state index in [1.807, 2.05) is 43.3 Å². The van der Waals surface area contributed by atoms with Crippen LogP contribution < -0.4 is 15.4 Å². The van der Waals surface area contributed by atoms with Crippen molar-refractivity contribution in [1.29, 1.82) is 0 Å². The van der Waals surface area contributed by atoms with E-state index >= 15 is 0 Å². The lowest BCUT2D eigenvalue weighted by Crippen LogP contribution is -2.46. The van der Waals surface area contributed by atoms with Crippen LogP contribution in [0.25, 0.3) is 0 Å². The monoisotopic (exact) mass is 339 g/mol. The molecule has 25 heavy (non-hydrogen) atoms. The van der Waals surface area contributed by atoms with Gasteiger partial charge in [-0.2, -0.15) is 0 Å². The lowest BCUT2D eigenvalue weighted by Gasteiger charge is -2.28. The van der Waals surface area contributed by atoms with Crippen LogP contribution in [0.3, 0.4) is 0 Å². The van der Waals surface area contributed by atoms with Crippen LogP contribution in [0.15, 0.2) is 42.6 Å².